The SMILES string of the molecule is COc1ccc2c(c1)[C@](O)([C@@H](C)/C=C/CC(=O)N1Cc3ccccc3C[C@H]1CO)C(=O)N2Cc1cccc(NC(=O)c2ccccc2)c1. The number of nitrogens with zero attached hydrogens (tertiary/aromatic N) is 2. The first-order valence-electron chi connectivity index (χ1n) is 16.0. The van der Waals surface area contributed by atoms with Crippen LogP contribution in [0.2, 0.25) is 0 Å². The third-order valence-electron chi connectivity index (χ3n) is 9.30. The monoisotopic (exact) mass is 645 g/mol. The van der Waals surface area contributed by atoms with Crippen molar-refractivity contribution in [1.82, 2.24) is 4.90 Å². The molecule has 48 heavy (non-hydrogen) atoms. The first-order valence-corrected chi connectivity index (χ1v) is 16.0. The number of benzene rings is 4. The van der Waals surface area contributed by atoms with Crippen molar-refractivity contribution >= 4 is 29.1 Å². The fourth-order valence-electron chi connectivity index (χ4n) is 6.60. The van der Waals surface area contributed by atoms with E-state index in [2.05, 4.69) is 5.32 Å². The second kappa shape index (κ2) is 13.9. The van der Waals surface area contributed by atoms with Gasteiger partial charge in [0, 0.05) is 35.7 Å². The van der Waals surface area contributed by atoms with Gasteiger partial charge in [-0.1, -0.05) is 73.7 Å². The zero-order valence-electron chi connectivity index (χ0n) is 27.0. The highest BCUT2D eigenvalue weighted by Crippen LogP contribution is 2.47. The molecule has 9 heteroatoms. The van der Waals surface area contributed by atoms with Crippen molar-refractivity contribution in [2.45, 2.75) is 44.5 Å². The van der Waals surface area contributed by atoms with Gasteiger partial charge in [0.15, 0.2) is 5.60 Å². The minimum Gasteiger partial charge on any atom is -0.497 e. The maximum Gasteiger partial charge on any atom is 0.264 e. The fourth-order valence-corrected chi connectivity index (χ4v) is 6.60. The molecule has 0 saturated carbocycles. The first kappa shape index (κ1) is 32.7. The molecule has 6 rings (SSSR count). The molecular weight excluding hydrogens is 606 g/mol. The number of rotatable bonds is 10. The predicted molar refractivity (Wildman–Crippen MR) is 183 cm³/mol. The van der Waals surface area contributed by atoms with Crippen molar-refractivity contribution in [1.29, 1.82) is 0 Å². The Kier molecular flexibility index (Phi) is 9.43. The zero-order valence-corrected chi connectivity index (χ0v) is 27.0. The Bertz CT molecular complexity index is 1860. The lowest BCUT2D eigenvalue weighted by molar-refractivity contribution is -0.139. The van der Waals surface area contributed by atoms with E-state index in [0.29, 0.717) is 41.2 Å². The third kappa shape index (κ3) is 6.34. The molecule has 2 aliphatic rings. The largest absolute Gasteiger partial charge is 0.497 e. The summed E-state index contributed by atoms with van der Waals surface area (Å²) < 4.78 is 5.45. The van der Waals surface area contributed by atoms with Crippen LogP contribution in [-0.4, -0.2) is 52.6 Å². The molecule has 0 aliphatic carbocycles. The molecule has 0 radical (unpaired) electrons. The Hall–Kier alpha value is -5.25. The Morgan fingerprint density at radius 1 is 1.00 bits per heavy atom. The van der Waals surface area contributed by atoms with Gasteiger partial charge in [-0.3, -0.25) is 14.4 Å². The van der Waals surface area contributed by atoms with E-state index < -0.39 is 17.4 Å². The number of amides is 3. The number of carbonyl (C=O) groups excluding carboxylic acids is 3. The molecule has 3 atom stereocenters. The molecule has 0 aromatic heterocycles. The third-order valence-corrected chi connectivity index (χ3v) is 9.30. The van der Waals surface area contributed by atoms with E-state index in [1.807, 2.05) is 48.5 Å². The molecule has 4 aromatic carbocycles. The van der Waals surface area contributed by atoms with Gasteiger partial charge in [-0.25, -0.2) is 0 Å². The van der Waals surface area contributed by atoms with Crippen LogP contribution >= 0.6 is 0 Å². The van der Waals surface area contributed by atoms with Gasteiger partial charge in [0.2, 0.25) is 5.91 Å². The summed E-state index contributed by atoms with van der Waals surface area (Å²) in [5.74, 6) is -1.08. The summed E-state index contributed by atoms with van der Waals surface area (Å²) >= 11 is 0. The molecule has 2 aliphatic heterocycles. The quantitative estimate of drug-likeness (QED) is 0.204. The molecule has 246 valence electrons. The van der Waals surface area contributed by atoms with Crippen LogP contribution in [0, 0.1) is 5.92 Å². The summed E-state index contributed by atoms with van der Waals surface area (Å²) in [6.45, 7) is 2.19. The summed E-state index contributed by atoms with van der Waals surface area (Å²) in [7, 11) is 1.53. The number of methoxy groups -OCH3 is 1. The van der Waals surface area contributed by atoms with E-state index in [-0.39, 0.29) is 37.4 Å². The Labute approximate surface area is 280 Å². The summed E-state index contributed by atoms with van der Waals surface area (Å²) in [4.78, 5) is 43.5. The van der Waals surface area contributed by atoms with Crippen molar-refractivity contribution in [3.8, 4) is 5.75 Å². The number of aliphatic hydroxyl groups excluding tert-OH is 1. The van der Waals surface area contributed by atoms with Gasteiger partial charge < -0.3 is 30.1 Å². The fraction of sp³-hybridized carbons (Fsp3) is 0.256. The summed E-state index contributed by atoms with van der Waals surface area (Å²) in [5.41, 5.74) is 3.12. The van der Waals surface area contributed by atoms with Crippen LogP contribution in [0.5, 0.6) is 5.75 Å². The Morgan fingerprint density at radius 3 is 2.50 bits per heavy atom. The highest BCUT2D eigenvalue weighted by Gasteiger charge is 2.52. The Morgan fingerprint density at radius 2 is 1.75 bits per heavy atom. The molecule has 0 bridgehead atoms. The molecule has 4 aromatic rings. The number of anilines is 2. The van der Waals surface area contributed by atoms with E-state index in [1.54, 1.807) is 77.4 Å². The molecular formula is C39H39N3O6. The predicted octanol–water partition coefficient (Wildman–Crippen LogP) is 5.21. The van der Waals surface area contributed by atoms with Gasteiger partial charge in [0.25, 0.3) is 11.8 Å². The van der Waals surface area contributed by atoms with Crippen LogP contribution < -0.4 is 15.0 Å². The normalized spacial score (nSPS) is 19.2. The molecule has 0 saturated heterocycles. The van der Waals surface area contributed by atoms with E-state index in [4.69, 9.17) is 4.74 Å². The minimum absolute atomic E-state index is 0.0590. The van der Waals surface area contributed by atoms with Gasteiger partial charge in [-0.15, -0.1) is 0 Å². The lowest BCUT2D eigenvalue weighted by Crippen LogP contribution is -2.46. The lowest BCUT2D eigenvalue weighted by atomic mass is 9.82. The smallest absolute Gasteiger partial charge is 0.264 e. The molecule has 0 fully saturated rings. The molecule has 3 N–H and O–H groups in total. The number of fused-ring (bicyclic) bond motifs is 2. The van der Waals surface area contributed by atoms with Crippen LogP contribution in [0.1, 0.15) is 46.0 Å². The summed E-state index contributed by atoms with van der Waals surface area (Å²) in [6, 6.07) is 29.0. The van der Waals surface area contributed by atoms with Crippen LogP contribution in [0.15, 0.2) is 109 Å². The van der Waals surface area contributed by atoms with Crippen LogP contribution in [0.3, 0.4) is 0 Å². The minimum atomic E-state index is -1.92. The van der Waals surface area contributed by atoms with Crippen LogP contribution in [-0.2, 0) is 34.7 Å². The number of nitrogens with one attached hydrogen (secondary N) is 1. The second-order valence-electron chi connectivity index (χ2n) is 12.3. The standard InChI is InChI=1S/C39H39N3O6/c1-26(10-8-17-36(44)41-24-30-15-7-6-14-29(30)21-32(41)25-43)39(47)34-22-33(48-2)18-19-35(34)42(38(39)46)23-27-11-9-16-31(20-27)40-37(45)28-12-4-3-5-13-28/h3-16,18-20,22,26,32,43,47H,17,21,23-25H2,1-2H3,(H,40,45)/b10-8+/t26-,32-,39+/m0/s1. The van der Waals surface area contributed by atoms with E-state index >= 15 is 0 Å². The maximum absolute atomic E-state index is 14.1. The van der Waals surface area contributed by atoms with Crippen molar-refractivity contribution < 1.29 is 29.3 Å². The van der Waals surface area contributed by atoms with Gasteiger partial charge in [-0.05, 0) is 65.6 Å². The van der Waals surface area contributed by atoms with Gasteiger partial charge in [0.1, 0.15) is 5.75 Å². The van der Waals surface area contributed by atoms with Crippen molar-refractivity contribution in [3.05, 3.63) is 137 Å². The van der Waals surface area contributed by atoms with Crippen LogP contribution in [0.25, 0.3) is 0 Å². The number of aliphatic hydroxyl groups is 2. The molecule has 3 amide bonds. The van der Waals surface area contributed by atoms with E-state index in [1.165, 1.54) is 7.11 Å². The second-order valence-corrected chi connectivity index (χ2v) is 12.3. The number of carbonyl (C=O) groups is 3. The summed E-state index contributed by atoms with van der Waals surface area (Å²) in [5, 5.41) is 25.1. The highest BCUT2D eigenvalue weighted by atomic mass is 16.5. The zero-order chi connectivity index (χ0) is 33.8. The topological polar surface area (TPSA) is 119 Å². The average molecular weight is 646 g/mol. The number of ether oxygens (including phenoxy) is 1. The molecule has 0 unspecified atom stereocenters. The molecule has 9 nitrogen and oxygen atoms in total. The van der Waals surface area contributed by atoms with Crippen LogP contribution in [0.4, 0.5) is 11.4 Å². The molecule has 0 spiro atoms. The van der Waals surface area contributed by atoms with E-state index in [0.717, 1.165) is 16.7 Å². The number of hydrogen-bond acceptors (Lipinski definition) is 6. The lowest BCUT2D eigenvalue weighted by Gasteiger charge is -2.36. The van der Waals surface area contributed by atoms with Crippen molar-refractivity contribution in [2.75, 3.05) is 23.9 Å². The average Bonchev–Trinajstić information content (AvgIpc) is 3.33. The Balaban J connectivity index is 1.20. The van der Waals surface area contributed by atoms with Crippen molar-refractivity contribution in [3.63, 3.8) is 0 Å². The highest BCUT2D eigenvalue weighted by molar-refractivity contribution is 6.07. The maximum atomic E-state index is 14.1. The van der Waals surface area contributed by atoms with E-state index in [9.17, 15) is 24.6 Å². The van der Waals surface area contributed by atoms with Gasteiger partial charge in [0.05, 0.1) is 32.0 Å². The molecule has 2 heterocycles. The summed E-state index contributed by atoms with van der Waals surface area (Å²) in [6.07, 6.45) is 4.04. The van der Waals surface area contributed by atoms with Gasteiger partial charge >= 0.3 is 0 Å². The van der Waals surface area contributed by atoms with Gasteiger partial charge in [-0.2, -0.15) is 0 Å². The number of hydrogen-bond donors (Lipinski definition) is 3. The van der Waals surface area contributed by atoms with Crippen molar-refractivity contribution in [2.24, 2.45) is 5.92 Å². The first-order chi connectivity index (χ1) is 23.2.